The average Bonchev–Trinajstić information content (AvgIpc) is 3.09. The number of hydrogen-bond donors (Lipinski definition) is 2. The van der Waals surface area contributed by atoms with Gasteiger partial charge in [-0.3, -0.25) is 4.98 Å². The number of anilines is 2. The molecule has 25 heavy (non-hydrogen) atoms. The summed E-state index contributed by atoms with van der Waals surface area (Å²) in [5.41, 5.74) is 16.6. The monoisotopic (exact) mass is 342 g/mol. The van der Waals surface area contributed by atoms with Gasteiger partial charge in [0.15, 0.2) is 0 Å². The molecule has 1 aromatic carbocycles. The molecule has 3 aromatic heterocycles. The lowest BCUT2D eigenvalue weighted by Crippen LogP contribution is -1.93. The van der Waals surface area contributed by atoms with E-state index in [1.807, 2.05) is 36.4 Å². The summed E-state index contributed by atoms with van der Waals surface area (Å²) in [4.78, 5) is 8.34. The minimum absolute atomic E-state index is 0.512. The van der Waals surface area contributed by atoms with Crippen molar-refractivity contribution in [2.24, 2.45) is 0 Å². The fraction of sp³-hybridized carbons (Fsp3) is 0. The Morgan fingerprint density at radius 3 is 2.44 bits per heavy atom. The predicted molar refractivity (Wildman–Crippen MR) is 104 cm³/mol. The van der Waals surface area contributed by atoms with Crippen molar-refractivity contribution in [1.29, 1.82) is 0 Å². The van der Waals surface area contributed by atoms with E-state index in [9.17, 15) is 0 Å². The zero-order valence-electron chi connectivity index (χ0n) is 13.2. The van der Waals surface area contributed by atoms with Crippen molar-refractivity contribution in [1.82, 2.24) is 9.97 Å². The summed E-state index contributed by atoms with van der Waals surface area (Å²) >= 11 is 1.62. The molecule has 0 spiro atoms. The van der Waals surface area contributed by atoms with Crippen LogP contribution in [0, 0.1) is 11.8 Å². The topological polar surface area (TPSA) is 77.8 Å². The second-order valence-electron chi connectivity index (χ2n) is 5.52. The molecule has 120 valence electrons. The number of nitrogens with two attached hydrogens (primary N) is 2. The van der Waals surface area contributed by atoms with Crippen LogP contribution in [0.4, 0.5) is 11.5 Å². The minimum atomic E-state index is 0.512. The minimum Gasteiger partial charge on any atom is -0.399 e. The molecule has 0 aliphatic rings. The van der Waals surface area contributed by atoms with Crippen LogP contribution < -0.4 is 11.5 Å². The summed E-state index contributed by atoms with van der Waals surface area (Å²) in [6.45, 7) is 0. The lowest BCUT2D eigenvalue weighted by molar-refractivity contribution is 1.32. The molecule has 0 aliphatic carbocycles. The quantitative estimate of drug-likeness (QED) is 0.406. The third-order valence-corrected chi connectivity index (χ3v) is 4.88. The molecular formula is C20H14N4S. The Bertz CT molecular complexity index is 1100. The number of rotatable bonds is 1. The van der Waals surface area contributed by atoms with Crippen molar-refractivity contribution in [2.45, 2.75) is 0 Å². The molecule has 5 heteroatoms. The van der Waals surface area contributed by atoms with Crippen molar-refractivity contribution >= 4 is 32.9 Å². The van der Waals surface area contributed by atoms with Crippen molar-refractivity contribution in [3.63, 3.8) is 0 Å². The van der Waals surface area contributed by atoms with Crippen molar-refractivity contribution in [3.05, 3.63) is 71.5 Å². The smallest absolute Gasteiger partial charge is 0.132 e. The van der Waals surface area contributed by atoms with Crippen LogP contribution in [0.1, 0.15) is 11.1 Å². The van der Waals surface area contributed by atoms with Gasteiger partial charge >= 0.3 is 0 Å². The van der Waals surface area contributed by atoms with E-state index in [2.05, 4.69) is 27.2 Å². The maximum atomic E-state index is 6.16. The van der Waals surface area contributed by atoms with E-state index in [4.69, 9.17) is 11.5 Å². The SMILES string of the molecule is Nc1ccc(-c2csc3c(C#Cc4ccncc4)cnc(N)c23)cc1. The fourth-order valence-electron chi connectivity index (χ4n) is 2.61. The van der Waals surface area contributed by atoms with E-state index in [0.29, 0.717) is 5.82 Å². The van der Waals surface area contributed by atoms with Crippen molar-refractivity contribution in [2.75, 3.05) is 11.5 Å². The van der Waals surface area contributed by atoms with Gasteiger partial charge in [0.25, 0.3) is 0 Å². The van der Waals surface area contributed by atoms with Gasteiger partial charge in [0.05, 0.1) is 10.3 Å². The third-order valence-electron chi connectivity index (χ3n) is 3.87. The molecule has 0 amide bonds. The predicted octanol–water partition coefficient (Wildman–Crippen LogP) is 3.92. The molecule has 0 bridgehead atoms. The van der Waals surface area contributed by atoms with Gasteiger partial charge in [-0.05, 0) is 35.2 Å². The molecule has 4 nitrogen and oxygen atoms in total. The summed E-state index contributed by atoms with van der Waals surface area (Å²) < 4.78 is 1.04. The number of aromatic nitrogens is 2. The van der Waals surface area contributed by atoms with Crippen molar-refractivity contribution < 1.29 is 0 Å². The van der Waals surface area contributed by atoms with Crippen LogP contribution in [0.5, 0.6) is 0 Å². The molecule has 0 saturated heterocycles. The molecule has 3 heterocycles. The van der Waals surface area contributed by atoms with Gasteiger partial charge in [0.2, 0.25) is 0 Å². The van der Waals surface area contributed by atoms with Gasteiger partial charge in [-0.2, -0.15) is 0 Å². The van der Waals surface area contributed by atoms with Crippen LogP contribution in [-0.4, -0.2) is 9.97 Å². The van der Waals surface area contributed by atoms with Gasteiger partial charge in [0.1, 0.15) is 5.82 Å². The maximum Gasteiger partial charge on any atom is 0.132 e. The largest absolute Gasteiger partial charge is 0.399 e. The zero-order valence-corrected chi connectivity index (χ0v) is 14.0. The first-order valence-corrected chi connectivity index (χ1v) is 8.54. The Morgan fingerprint density at radius 2 is 1.68 bits per heavy atom. The van der Waals surface area contributed by atoms with Gasteiger partial charge in [-0.15, -0.1) is 11.3 Å². The highest BCUT2D eigenvalue weighted by molar-refractivity contribution is 7.18. The van der Waals surface area contributed by atoms with E-state index < -0.39 is 0 Å². The van der Waals surface area contributed by atoms with E-state index in [-0.39, 0.29) is 0 Å². The van der Waals surface area contributed by atoms with E-state index in [1.165, 1.54) is 0 Å². The Hall–Kier alpha value is -3.36. The van der Waals surface area contributed by atoms with Crippen LogP contribution in [0.25, 0.3) is 21.2 Å². The number of pyridine rings is 2. The highest BCUT2D eigenvalue weighted by Gasteiger charge is 2.13. The fourth-order valence-corrected chi connectivity index (χ4v) is 3.66. The zero-order chi connectivity index (χ0) is 17.2. The lowest BCUT2D eigenvalue weighted by Gasteiger charge is -2.04. The van der Waals surface area contributed by atoms with E-state index in [1.54, 1.807) is 29.9 Å². The molecule has 4 rings (SSSR count). The molecule has 4 aromatic rings. The molecular weight excluding hydrogens is 328 g/mol. The number of fused-ring (bicyclic) bond motifs is 1. The number of nitrogen functional groups attached to an aromatic ring is 2. The second-order valence-corrected chi connectivity index (χ2v) is 6.40. The summed E-state index contributed by atoms with van der Waals surface area (Å²) in [6, 6.07) is 11.5. The molecule has 0 aliphatic heterocycles. The molecule has 0 fully saturated rings. The van der Waals surface area contributed by atoms with Crippen LogP contribution in [0.2, 0.25) is 0 Å². The maximum absolute atomic E-state index is 6.16. The summed E-state index contributed by atoms with van der Waals surface area (Å²) in [6.07, 6.45) is 5.19. The van der Waals surface area contributed by atoms with Crippen LogP contribution in [-0.2, 0) is 0 Å². The standard InChI is InChI=1S/C20H14N4S/c21-16-5-3-14(4-6-16)17-12-25-19-15(11-24-20(22)18(17)19)2-1-13-7-9-23-10-8-13/h3-12H,21H2,(H2,22,24). The summed E-state index contributed by atoms with van der Waals surface area (Å²) in [5, 5.41) is 3.03. The molecule has 0 saturated carbocycles. The average molecular weight is 342 g/mol. The third kappa shape index (κ3) is 2.91. The Morgan fingerprint density at radius 1 is 0.920 bits per heavy atom. The van der Waals surface area contributed by atoms with Gasteiger partial charge in [-0.1, -0.05) is 24.0 Å². The first-order chi connectivity index (χ1) is 12.2. The van der Waals surface area contributed by atoms with Crippen molar-refractivity contribution in [3.8, 4) is 23.0 Å². The molecule has 0 unspecified atom stereocenters. The molecule has 4 N–H and O–H groups in total. The normalized spacial score (nSPS) is 10.4. The van der Waals surface area contributed by atoms with E-state index in [0.717, 1.165) is 38.0 Å². The lowest BCUT2D eigenvalue weighted by atomic mass is 10.0. The first kappa shape index (κ1) is 15.2. The highest BCUT2D eigenvalue weighted by atomic mass is 32.1. The van der Waals surface area contributed by atoms with Gasteiger partial charge in [0, 0.05) is 40.8 Å². The Kier molecular flexibility index (Phi) is 3.81. The number of hydrogen-bond acceptors (Lipinski definition) is 5. The van der Waals surface area contributed by atoms with Gasteiger partial charge in [-0.25, -0.2) is 4.98 Å². The summed E-state index contributed by atoms with van der Waals surface area (Å²) in [7, 11) is 0. The number of benzene rings is 1. The number of nitrogens with zero attached hydrogens (tertiary/aromatic N) is 2. The molecule has 0 atom stereocenters. The van der Waals surface area contributed by atoms with Crippen LogP contribution in [0.3, 0.4) is 0 Å². The second kappa shape index (κ2) is 6.27. The molecule has 0 radical (unpaired) electrons. The van der Waals surface area contributed by atoms with Gasteiger partial charge < -0.3 is 11.5 Å². The first-order valence-electron chi connectivity index (χ1n) is 7.66. The number of thiophene rings is 1. The van der Waals surface area contributed by atoms with Crippen LogP contribution >= 0.6 is 11.3 Å². The van der Waals surface area contributed by atoms with E-state index >= 15 is 0 Å². The summed E-state index contributed by atoms with van der Waals surface area (Å²) in [5.74, 6) is 6.86. The Labute approximate surface area is 149 Å². The van der Waals surface area contributed by atoms with Crippen LogP contribution in [0.15, 0.2) is 60.4 Å². The highest BCUT2D eigenvalue weighted by Crippen LogP contribution is 2.38. The Balaban J connectivity index is 1.85.